The lowest BCUT2D eigenvalue weighted by molar-refractivity contribution is 0.716. The van der Waals surface area contributed by atoms with E-state index >= 15 is 0 Å². The molecule has 1 N–H and O–H groups in total. The van der Waals surface area contributed by atoms with Crippen molar-refractivity contribution in [3.63, 3.8) is 0 Å². The van der Waals surface area contributed by atoms with Gasteiger partial charge >= 0.3 is 5.69 Å². The Balaban J connectivity index is 2.42. The highest BCUT2D eigenvalue weighted by molar-refractivity contribution is 9.10. The summed E-state index contributed by atoms with van der Waals surface area (Å²) in [6.45, 7) is 0.207. The Morgan fingerprint density at radius 3 is 2.79 bits per heavy atom. The number of hydrogen-bond acceptors (Lipinski definition) is 3. The van der Waals surface area contributed by atoms with Gasteiger partial charge in [0.2, 0.25) is 0 Å². The molecule has 2 rings (SSSR count). The predicted octanol–water partition coefficient (Wildman–Crippen LogP) is 1.87. The number of nitriles is 1. The Hall–Kier alpha value is -1.84. The van der Waals surface area contributed by atoms with Crippen molar-refractivity contribution in [1.82, 2.24) is 9.55 Å². The van der Waals surface area contributed by atoms with E-state index in [1.54, 1.807) is 12.1 Å². The first-order chi connectivity index (χ1) is 9.01. The first kappa shape index (κ1) is 13.6. The largest absolute Gasteiger partial charge is 0.328 e. The zero-order valence-corrected chi connectivity index (χ0v) is 11.8. The zero-order chi connectivity index (χ0) is 14.0. The molecule has 0 atom stereocenters. The number of benzene rings is 1. The highest BCUT2D eigenvalue weighted by Crippen LogP contribution is 2.18. The minimum Gasteiger partial charge on any atom is -0.295 e. The van der Waals surface area contributed by atoms with Crippen LogP contribution in [-0.4, -0.2) is 9.55 Å². The summed E-state index contributed by atoms with van der Waals surface area (Å²) in [6.07, 6.45) is 1.40. The fourth-order valence-corrected chi connectivity index (χ4v) is 2.12. The van der Waals surface area contributed by atoms with Crippen LogP contribution in [0.25, 0.3) is 0 Å². The number of nitrogens with one attached hydrogen (secondary N) is 1. The lowest BCUT2D eigenvalue weighted by atomic mass is 10.1. The number of H-pyrrole nitrogens is 1. The van der Waals surface area contributed by atoms with Crippen LogP contribution >= 0.6 is 27.5 Å². The molecule has 1 heterocycles. The van der Waals surface area contributed by atoms with Crippen LogP contribution < -0.4 is 11.2 Å². The lowest BCUT2D eigenvalue weighted by Gasteiger charge is -2.07. The van der Waals surface area contributed by atoms with E-state index in [2.05, 4.69) is 20.9 Å². The first-order valence-electron chi connectivity index (χ1n) is 5.19. The number of rotatable bonds is 2. The maximum Gasteiger partial charge on any atom is 0.328 e. The topological polar surface area (TPSA) is 78.7 Å². The van der Waals surface area contributed by atoms with Crippen LogP contribution in [-0.2, 0) is 6.54 Å². The molecule has 0 amide bonds. The van der Waals surface area contributed by atoms with Gasteiger partial charge in [-0.1, -0.05) is 17.7 Å². The Kier molecular flexibility index (Phi) is 3.88. The third kappa shape index (κ3) is 2.95. The molecule has 0 bridgehead atoms. The molecule has 7 heteroatoms. The summed E-state index contributed by atoms with van der Waals surface area (Å²) in [4.78, 5) is 25.0. The molecule has 2 aromatic rings. The van der Waals surface area contributed by atoms with Crippen molar-refractivity contribution in [1.29, 1.82) is 5.26 Å². The summed E-state index contributed by atoms with van der Waals surface area (Å²) < 4.78 is 1.58. The van der Waals surface area contributed by atoms with Gasteiger partial charge in [-0.25, -0.2) is 4.79 Å². The number of nitrogens with zero attached hydrogens (tertiary/aromatic N) is 2. The van der Waals surface area contributed by atoms with Gasteiger partial charge in [-0.15, -0.1) is 0 Å². The van der Waals surface area contributed by atoms with Crippen LogP contribution in [0.4, 0.5) is 0 Å². The van der Waals surface area contributed by atoms with E-state index in [0.717, 1.165) is 0 Å². The third-order valence-electron chi connectivity index (χ3n) is 2.49. The van der Waals surface area contributed by atoms with Gasteiger partial charge in [0, 0.05) is 11.2 Å². The molecule has 96 valence electrons. The summed E-state index contributed by atoms with van der Waals surface area (Å²) in [5.41, 5.74) is 0.131. The van der Waals surface area contributed by atoms with E-state index in [9.17, 15) is 9.59 Å². The van der Waals surface area contributed by atoms with Crippen molar-refractivity contribution < 1.29 is 0 Å². The van der Waals surface area contributed by atoms with Crippen LogP contribution in [0.5, 0.6) is 0 Å². The van der Waals surface area contributed by atoms with Crippen LogP contribution in [0, 0.1) is 11.3 Å². The summed E-state index contributed by atoms with van der Waals surface area (Å²) in [5.74, 6) is 0. The molecule has 0 aliphatic carbocycles. The van der Waals surface area contributed by atoms with E-state index in [4.69, 9.17) is 16.9 Å². The standard InChI is InChI=1S/C12H7BrClN3O2/c13-9-6-17(12(19)16-11(9)18)5-8-2-1-7(4-15)3-10(8)14/h1-3,6H,5H2,(H,16,18,19). The van der Waals surface area contributed by atoms with Crippen molar-refractivity contribution in [2.45, 2.75) is 6.54 Å². The fourth-order valence-electron chi connectivity index (χ4n) is 1.53. The summed E-state index contributed by atoms with van der Waals surface area (Å²) in [6, 6.07) is 6.80. The number of aromatic nitrogens is 2. The van der Waals surface area contributed by atoms with Crippen LogP contribution in [0.15, 0.2) is 38.5 Å². The lowest BCUT2D eigenvalue weighted by Crippen LogP contribution is -2.30. The maximum atomic E-state index is 11.6. The van der Waals surface area contributed by atoms with E-state index in [1.165, 1.54) is 16.8 Å². The highest BCUT2D eigenvalue weighted by atomic mass is 79.9. The molecule has 0 radical (unpaired) electrons. The highest BCUT2D eigenvalue weighted by Gasteiger charge is 2.06. The van der Waals surface area contributed by atoms with E-state index < -0.39 is 11.2 Å². The van der Waals surface area contributed by atoms with Crippen LogP contribution in [0.2, 0.25) is 5.02 Å². The van der Waals surface area contributed by atoms with Crippen molar-refractivity contribution in [3.05, 3.63) is 65.9 Å². The smallest absolute Gasteiger partial charge is 0.295 e. The summed E-state index contributed by atoms with van der Waals surface area (Å²) in [5, 5.41) is 9.14. The van der Waals surface area contributed by atoms with Crippen molar-refractivity contribution in [2.24, 2.45) is 0 Å². The Morgan fingerprint density at radius 1 is 1.42 bits per heavy atom. The van der Waals surface area contributed by atoms with Crippen molar-refractivity contribution in [2.75, 3.05) is 0 Å². The van der Waals surface area contributed by atoms with Gasteiger partial charge in [-0.3, -0.25) is 14.3 Å². The van der Waals surface area contributed by atoms with E-state index in [1.807, 2.05) is 6.07 Å². The van der Waals surface area contributed by atoms with Gasteiger partial charge in [0.1, 0.15) is 0 Å². The summed E-state index contributed by atoms with van der Waals surface area (Å²) >= 11 is 9.09. The molecule has 0 saturated heterocycles. The molecule has 1 aromatic heterocycles. The third-order valence-corrected chi connectivity index (χ3v) is 3.41. The minimum absolute atomic E-state index is 0.207. The predicted molar refractivity (Wildman–Crippen MR) is 74.3 cm³/mol. The Morgan fingerprint density at radius 2 is 2.16 bits per heavy atom. The maximum absolute atomic E-state index is 11.6. The molecule has 0 unspecified atom stereocenters. The molecule has 1 aromatic carbocycles. The van der Waals surface area contributed by atoms with Crippen LogP contribution in [0.1, 0.15) is 11.1 Å². The number of halogens is 2. The molecular weight excluding hydrogens is 334 g/mol. The molecule has 0 spiro atoms. The van der Waals surface area contributed by atoms with Crippen molar-refractivity contribution >= 4 is 27.5 Å². The fraction of sp³-hybridized carbons (Fsp3) is 0.0833. The SMILES string of the molecule is N#Cc1ccc(Cn2cc(Br)c(=O)[nH]c2=O)c(Cl)c1. The summed E-state index contributed by atoms with van der Waals surface area (Å²) in [7, 11) is 0. The first-order valence-corrected chi connectivity index (χ1v) is 6.36. The molecule has 5 nitrogen and oxygen atoms in total. The molecule has 0 saturated carbocycles. The molecular formula is C12H7BrClN3O2. The second kappa shape index (κ2) is 5.43. The van der Waals surface area contributed by atoms with E-state index in [-0.39, 0.29) is 11.0 Å². The van der Waals surface area contributed by atoms with E-state index in [0.29, 0.717) is 16.1 Å². The monoisotopic (exact) mass is 339 g/mol. The van der Waals surface area contributed by atoms with Gasteiger partial charge < -0.3 is 0 Å². The zero-order valence-electron chi connectivity index (χ0n) is 9.48. The molecule has 0 fully saturated rings. The number of hydrogen-bond donors (Lipinski definition) is 1. The Labute approximate surface area is 121 Å². The second-order valence-corrected chi connectivity index (χ2v) is 5.04. The van der Waals surface area contributed by atoms with Gasteiger partial charge in [0.15, 0.2) is 0 Å². The molecule has 0 aliphatic rings. The second-order valence-electron chi connectivity index (χ2n) is 3.78. The van der Waals surface area contributed by atoms with Crippen LogP contribution in [0.3, 0.4) is 0 Å². The molecule has 0 aliphatic heterocycles. The normalized spacial score (nSPS) is 10.2. The van der Waals surface area contributed by atoms with Gasteiger partial charge in [-0.05, 0) is 33.6 Å². The average molecular weight is 341 g/mol. The van der Waals surface area contributed by atoms with Gasteiger partial charge in [-0.2, -0.15) is 5.26 Å². The number of aromatic amines is 1. The quantitative estimate of drug-likeness (QED) is 0.906. The average Bonchev–Trinajstić information content (AvgIpc) is 2.38. The van der Waals surface area contributed by atoms with Crippen molar-refractivity contribution in [3.8, 4) is 6.07 Å². The Bertz CT molecular complexity index is 789. The molecule has 19 heavy (non-hydrogen) atoms. The van der Waals surface area contributed by atoms with Gasteiger partial charge in [0.05, 0.1) is 22.7 Å². The van der Waals surface area contributed by atoms with Gasteiger partial charge in [0.25, 0.3) is 5.56 Å². The minimum atomic E-state index is -0.520.